The van der Waals surface area contributed by atoms with E-state index in [-0.39, 0.29) is 23.7 Å². The summed E-state index contributed by atoms with van der Waals surface area (Å²) < 4.78 is 0.897. The lowest BCUT2D eigenvalue weighted by atomic mass is 9.97. The lowest BCUT2D eigenvalue weighted by Gasteiger charge is -2.38. The molecule has 1 aliphatic heterocycles. The molecule has 1 unspecified atom stereocenters. The third kappa shape index (κ3) is 4.75. The van der Waals surface area contributed by atoms with Crippen molar-refractivity contribution in [3.05, 3.63) is 69.7 Å². The fourth-order valence-corrected chi connectivity index (χ4v) is 3.91. The minimum atomic E-state index is -0.163. The summed E-state index contributed by atoms with van der Waals surface area (Å²) in [5.41, 5.74) is 1.39. The van der Waals surface area contributed by atoms with Crippen LogP contribution in [0.4, 0.5) is 0 Å². The van der Waals surface area contributed by atoms with Crippen molar-refractivity contribution in [3.63, 3.8) is 0 Å². The third-order valence-corrected chi connectivity index (χ3v) is 5.80. The van der Waals surface area contributed by atoms with Crippen LogP contribution in [-0.2, 0) is 0 Å². The molecule has 6 heteroatoms. The zero-order valence-electron chi connectivity index (χ0n) is 16.6. The largest absolute Gasteiger partial charge is 0.336 e. The van der Waals surface area contributed by atoms with Gasteiger partial charge in [-0.15, -0.1) is 0 Å². The van der Waals surface area contributed by atoms with E-state index in [0.29, 0.717) is 42.9 Å². The summed E-state index contributed by atoms with van der Waals surface area (Å²) in [5.74, 6) is -0.0558. The van der Waals surface area contributed by atoms with Gasteiger partial charge in [0.2, 0.25) is 0 Å². The number of benzene rings is 2. The summed E-state index contributed by atoms with van der Waals surface area (Å²) in [6.07, 6.45) is 0. The van der Waals surface area contributed by atoms with Gasteiger partial charge in [-0.05, 0) is 36.2 Å². The molecular weight excluding hydrogens is 430 g/mol. The van der Waals surface area contributed by atoms with E-state index in [0.717, 1.165) is 4.47 Å². The molecule has 1 atom stereocenters. The number of piperazine rings is 1. The second kappa shape index (κ2) is 9.34. The number of nitrogens with zero attached hydrogens (tertiary/aromatic N) is 3. The Labute approximate surface area is 180 Å². The Morgan fingerprint density at radius 2 is 1.55 bits per heavy atom. The summed E-state index contributed by atoms with van der Waals surface area (Å²) in [4.78, 5) is 30.1. The van der Waals surface area contributed by atoms with Crippen LogP contribution >= 0.6 is 15.9 Å². The van der Waals surface area contributed by atoms with Gasteiger partial charge in [-0.3, -0.25) is 14.5 Å². The first-order valence-electron chi connectivity index (χ1n) is 9.74. The molecule has 1 aliphatic rings. The van der Waals surface area contributed by atoms with Crippen LogP contribution in [-0.4, -0.2) is 53.7 Å². The molecular formula is C23H24BrN3O2. The van der Waals surface area contributed by atoms with Crippen molar-refractivity contribution in [3.8, 4) is 6.07 Å². The zero-order valence-corrected chi connectivity index (χ0v) is 18.2. The number of ketones is 1. The Morgan fingerprint density at radius 1 is 0.966 bits per heavy atom. The smallest absolute Gasteiger partial charge is 0.254 e. The molecule has 0 radical (unpaired) electrons. The number of nitriles is 1. The van der Waals surface area contributed by atoms with Gasteiger partial charge in [0.15, 0.2) is 5.78 Å². The summed E-state index contributed by atoms with van der Waals surface area (Å²) in [5, 5.41) is 9.41. The predicted octanol–water partition coefficient (Wildman–Crippen LogP) is 3.99. The zero-order chi connectivity index (χ0) is 21.0. The number of halogens is 1. The lowest BCUT2D eigenvalue weighted by Crippen LogP contribution is -2.53. The number of hydrogen-bond donors (Lipinski definition) is 0. The second-order valence-corrected chi connectivity index (χ2v) is 8.44. The van der Waals surface area contributed by atoms with E-state index in [1.165, 1.54) is 0 Å². The Morgan fingerprint density at radius 3 is 2.10 bits per heavy atom. The van der Waals surface area contributed by atoms with Crippen LogP contribution in [0.1, 0.15) is 40.1 Å². The van der Waals surface area contributed by atoms with Crippen LogP contribution in [0, 0.1) is 17.2 Å². The van der Waals surface area contributed by atoms with Crippen LogP contribution in [0.3, 0.4) is 0 Å². The minimum absolute atomic E-state index is 0.135. The maximum atomic E-state index is 13.2. The van der Waals surface area contributed by atoms with Crippen LogP contribution < -0.4 is 0 Å². The molecule has 1 heterocycles. The van der Waals surface area contributed by atoms with Gasteiger partial charge in [-0.25, -0.2) is 0 Å². The van der Waals surface area contributed by atoms with E-state index >= 15 is 0 Å². The first kappa shape index (κ1) is 21.2. The van der Waals surface area contributed by atoms with Gasteiger partial charge in [0.05, 0.1) is 11.6 Å². The molecule has 5 nitrogen and oxygen atoms in total. The summed E-state index contributed by atoms with van der Waals surface area (Å²) in [6, 6.07) is 16.3. The number of rotatable bonds is 5. The molecule has 3 rings (SSSR count). The van der Waals surface area contributed by atoms with E-state index < -0.39 is 0 Å². The van der Waals surface area contributed by atoms with Crippen molar-refractivity contribution in [2.24, 2.45) is 5.92 Å². The molecule has 0 bridgehead atoms. The Balaban J connectivity index is 1.77. The van der Waals surface area contributed by atoms with E-state index in [4.69, 9.17) is 0 Å². The van der Waals surface area contributed by atoms with Gasteiger partial charge < -0.3 is 4.90 Å². The first-order chi connectivity index (χ1) is 13.9. The van der Waals surface area contributed by atoms with Gasteiger partial charge in [-0.2, -0.15) is 5.26 Å². The molecule has 0 aromatic heterocycles. The molecule has 150 valence electrons. The number of amides is 1. The summed E-state index contributed by atoms with van der Waals surface area (Å²) in [6.45, 7) is 6.48. The second-order valence-electron chi connectivity index (χ2n) is 7.53. The topological polar surface area (TPSA) is 64.4 Å². The molecule has 2 aromatic rings. The Kier molecular flexibility index (Phi) is 6.83. The molecule has 0 spiro atoms. The van der Waals surface area contributed by atoms with Crippen molar-refractivity contribution in [2.75, 3.05) is 26.2 Å². The number of carbonyl (C=O) groups excluding carboxylic acids is 2. The van der Waals surface area contributed by atoms with Crippen molar-refractivity contribution >= 4 is 27.6 Å². The molecule has 1 amide bonds. The first-order valence-corrected chi connectivity index (χ1v) is 10.5. The molecule has 0 saturated carbocycles. The maximum absolute atomic E-state index is 13.2. The molecule has 29 heavy (non-hydrogen) atoms. The fourth-order valence-electron chi connectivity index (χ4n) is 3.65. The highest BCUT2D eigenvalue weighted by molar-refractivity contribution is 9.10. The maximum Gasteiger partial charge on any atom is 0.254 e. The van der Waals surface area contributed by atoms with Crippen LogP contribution in [0.5, 0.6) is 0 Å². The average Bonchev–Trinajstić information content (AvgIpc) is 2.74. The van der Waals surface area contributed by atoms with Gasteiger partial charge in [0.1, 0.15) is 6.04 Å². The van der Waals surface area contributed by atoms with Gasteiger partial charge in [0.25, 0.3) is 5.91 Å². The highest BCUT2D eigenvalue weighted by atomic mass is 79.9. The quantitative estimate of drug-likeness (QED) is 0.642. The van der Waals surface area contributed by atoms with Gasteiger partial charge in [0, 0.05) is 41.8 Å². The Bertz CT molecular complexity index is 926. The van der Waals surface area contributed by atoms with Crippen molar-refractivity contribution in [1.29, 1.82) is 5.26 Å². The summed E-state index contributed by atoms with van der Waals surface area (Å²) in [7, 11) is 0. The van der Waals surface area contributed by atoms with Crippen LogP contribution in [0.15, 0.2) is 53.0 Å². The van der Waals surface area contributed by atoms with E-state index in [2.05, 4.69) is 26.9 Å². The molecule has 2 aromatic carbocycles. The van der Waals surface area contributed by atoms with E-state index in [1.807, 2.05) is 26.0 Å². The van der Waals surface area contributed by atoms with E-state index in [9.17, 15) is 14.9 Å². The van der Waals surface area contributed by atoms with Crippen LogP contribution in [0.2, 0.25) is 0 Å². The molecule has 0 N–H and O–H groups in total. The van der Waals surface area contributed by atoms with Crippen molar-refractivity contribution in [1.82, 2.24) is 9.80 Å². The van der Waals surface area contributed by atoms with Crippen molar-refractivity contribution in [2.45, 2.75) is 19.9 Å². The van der Waals surface area contributed by atoms with Crippen molar-refractivity contribution < 1.29 is 9.59 Å². The van der Waals surface area contributed by atoms with Gasteiger partial charge in [-0.1, -0.05) is 48.0 Å². The average molecular weight is 454 g/mol. The highest BCUT2D eigenvalue weighted by Crippen LogP contribution is 2.20. The fraction of sp³-hybridized carbons (Fsp3) is 0.348. The van der Waals surface area contributed by atoms with Gasteiger partial charge >= 0.3 is 0 Å². The van der Waals surface area contributed by atoms with Crippen LogP contribution in [0.25, 0.3) is 0 Å². The third-order valence-electron chi connectivity index (χ3n) is 5.27. The monoisotopic (exact) mass is 453 g/mol. The molecule has 0 aliphatic carbocycles. The highest BCUT2D eigenvalue weighted by Gasteiger charge is 2.29. The summed E-state index contributed by atoms with van der Waals surface area (Å²) >= 11 is 3.37. The number of carbonyl (C=O) groups is 2. The normalized spacial score (nSPS) is 15.8. The van der Waals surface area contributed by atoms with E-state index in [1.54, 1.807) is 41.3 Å². The predicted molar refractivity (Wildman–Crippen MR) is 116 cm³/mol. The SMILES string of the molecule is CC(C)C(C#N)N1CCN(C(=O)c2ccccc2C(=O)c2ccc(Br)cc2)CC1. The molecule has 1 fully saturated rings. The number of hydrogen-bond acceptors (Lipinski definition) is 4. The minimum Gasteiger partial charge on any atom is -0.336 e. The molecule has 1 saturated heterocycles. The lowest BCUT2D eigenvalue weighted by molar-refractivity contribution is 0.0574. The Hall–Kier alpha value is -2.49. The standard InChI is InChI=1S/C23H24BrN3O2/c1-16(2)21(15-25)26-11-13-27(14-12-26)23(29)20-6-4-3-5-19(20)22(28)17-7-9-18(24)10-8-17/h3-10,16,21H,11-14H2,1-2H3.